The number of para-hydroxylation sites is 1. The van der Waals surface area contributed by atoms with E-state index in [1.807, 2.05) is 60.7 Å². The number of anilines is 1. The zero-order chi connectivity index (χ0) is 17.6. The van der Waals surface area contributed by atoms with Crippen LogP contribution in [0.2, 0.25) is 0 Å². The van der Waals surface area contributed by atoms with Crippen molar-refractivity contribution in [1.29, 1.82) is 0 Å². The van der Waals surface area contributed by atoms with Crippen LogP contribution < -0.4 is 4.90 Å². The van der Waals surface area contributed by atoms with Crippen LogP contribution in [0.25, 0.3) is 0 Å². The molecule has 0 aromatic heterocycles. The molecule has 0 radical (unpaired) electrons. The second-order valence-electron chi connectivity index (χ2n) is 5.97. The summed E-state index contributed by atoms with van der Waals surface area (Å²) < 4.78 is 0. The van der Waals surface area contributed by atoms with Gasteiger partial charge in [-0.3, -0.25) is 9.59 Å². The lowest BCUT2D eigenvalue weighted by atomic mass is 10.1. The van der Waals surface area contributed by atoms with E-state index < -0.39 is 0 Å². The molecule has 0 fully saturated rings. The Morgan fingerprint density at radius 3 is 2.32 bits per heavy atom. The molecule has 0 atom stereocenters. The molecule has 5 nitrogen and oxygen atoms in total. The van der Waals surface area contributed by atoms with E-state index in [4.69, 9.17) is 0 Å². The summed E-state index contributed by atoms with van der Waals surface area (Å²) in [5, 5.41) is 5.90. The van der Waals surface area contributed by atoms with E-state index >= 15 is 0 Å². The van der Waals surface area contributed by atoms with E-state index in [0.29, 0.717) is 6.54 Å². The van der Waals surface area contributed by atoms with Gasteiger partial charge in [0.15, 0.2) is 0 Å². The average molecular weight is 335 g/mol. The van der Waals surface area contributed by atoms with Gasteiger partial charge in [-0.1, -0.05) is 48.5 Å². The minimum atomic E-state index is -0.110. The normalized spacial score (nSPS) is 13.5. The highest BCUT2D eigenvalue weighted by molar-refractivity contribution is 6.03. The second kappa shape index (κ2) is 7.75. The third-order valence-electron chi connectivity index (χ3n) is 4.27. The van der Waals surface area contributed by atoms with E-state index in [9.17, 15) is 9.59 Å². The van der Waals surface area contributed by atoms with Gasteiger partial charge in [-0.05, 0) is 17.7 Å². The van der Waals surface area contributed by atoms with Crippen LogP contribution in [0.5, 0.6) is 0 Å². The predicted octanol–water partition coefficient (Wildman–Crippen LogP) is 3.07. The topological polar surface area (TPSA) is 53.0 Å². The molecule has 1 heterocycles. The number of rotatable bonds is 5. The Kier molecular flexibility index (Phi) is 5.23. The summed E-state index contributed by atoms with van der Waals surface area (Å²) in [6.45, 7) is 0.575. The summed E-state index contributed by atoms with van der Waals surface area (Å²) in [6.07, 6.45) is 1.09. The van der Waals surface area contributed by atoms with Crippen LogP contribution in [-0.2, 0) is 9.59 Å². The number of nitrogens with zero attached hydrogens (tertiary/aromatic N) is 3. The Morgan fingerprint density at radius 1 is 1.00 bits per heavy atom. The van der Waals surface area contributed by atoms with Crippen molar-refractivity contribution in [3.05, 3.63) is 66.2 Å². The van der Waals surface area contributed by atoms with Crippen LogP contribution in [0.15, 0.2) is 65.8 Å². The van der Waals surface area contributed by atoms with Gasteiger partial charge >= 0.3 is 0 Å². The molecule has 1 aliphatic heterocycles. The first-order chi connectivity index (χ1) is 12.1. The molecule has 0 N–H and O–H groups in total. The standard InChI is InChI=1S/C20H21N3O2/c1-22(17-10-6-3-7-11-17)19(24)12-13-20(25)23-15-14-18(21-23)16-8-4-2-5-9-16/h2-11H,12-15H2,1H3. The molecule has 0 saturated carbocycles. The Labute approximate surface area is 147 Å². The molecule has 25 heavy (non-hydrogen) atoms. The SMILES string of the molecule is CN(C(=O)CCC(=O)N1CCC(c2ccccc2)=N1)c1ccccc1. The Morgan fingerprint density at radius 2 is 1.64 bits per heavy atom. The van der Waals surface area contributed by atoms with Crippen LogP contribution in [0.1, 0.15) is 24.8 Å². The average Bonchev–Trinajstić information content (AvgIpc) is 3.17. The van der Waals surface area contributed by atoms with Gasteiger partial charge in [0, 0.05) is 32.0 Å². The number of carbonyl (C=O) groups excluding carboxylic acids is 2. The van der Waals surface area contributed by atoms with E-state index in [1.54, 1.807) is 11.9 Å². The molecule has 0 unspecified atom stereocenters. The molecule has 0 aliphatic carbocycles. The highest BCUT2D eigenvalue weighted by Gasteiger charge is 2.22. The molecule has 2 aromatic carbocycles. The predicted molar refractivity (Wildman–Crippen MR) is 98.4 cm³/mol. The van der Waals surface area contributed by atoms with E-state index in [1.165, 1.54) is 5.01 Å². The van der Waals surface area contributed by atoms with Gasteiger partial charge in [0.25, 0.3) is 0 Å². The van der Waals surface area contributed by atoms with Gasteiger partial charge in [-0.25, -0.2) is 5.01 Å². The summed E-state index contributed by atoms with van der Waals surface area (Å²) in [4.78, 5) is 26.2. The minimum absolute atomic E-state index is 0.0778. The molecule has 5 heteroatoms. The quantitative estimate of drug-likeness (QED) is 0.843. The van der Waals surface area contributed by atoms with Crippen molar-refractivity contribution < 1.29 is 9.59 Å². The number of carbonyl (C=O) groups is 2. The summed E-state index contributed by atoms with van der Waals surface area (Å²) in [7, 11) is 1.73. The summed E-state index contributed by atoms with van der Waals surface area (Å²) >= 11 is 0. The molecule has 0 saturated heterocycles. The first-order valence-electron chi connectivity index (χ1n) is 8.40. The molecule has 0 bridgehead atoms. The number of benzene rings is 2. The first-order valence-corrected chi connectivity index (χ1v) is 8.40. The lowest BCUT2D eigenvalue weighted by molar-refractivity contribution is -0.132. The van der Waals surface area contributed by atoms with Crippen molar-refractivity contribution in [2.45, 2.75) is 19.3 Å². The number of amides is 2. The zero-order valence-electron chi connectivity index (χ0n) is 14.3. The Hall–Kier alpha value is -2.95. The van der Waals surface area contributed by atoms with Gasteiger partial charge in [0.2, 0.25) is 11.8 Å². The smallest absolute Gasteiger partial charge is 0.243 e. The number of hydrazone groups is 1. The van der Waals surface area contributed by atoms with Gasteiger partial charge < -0.3 is 4.90 Å². The largest absolute Gasteiger partial charge is 0.315 e. The van der Waals surface area contributed by atoms with Crippen LogP contribution in [0.4, 0.5) is 5.69 Å². The second-order valence-corrected chi connectivity index (χ2v) is 5.97. The maximum atomic E-state index is 12.3. The molecular formula is C20H21N3O2. The lowest BCUT2D eigenvalue weighted by Gasteiger charge is -2.17. The van der Waals surface area contributed by atoms with Crippen molar-refractivity contribution in [1.82, 2.24) is 5.01 Å². The molecular weight excluding hydrogens is 314 g/mol. The minimum Gasteiger partial charge on any atom is -0.315 e. The zero-order valence-corrected chi connectivity index (χ0v) is 14.3. The maximum absolute atomic E-state index is 12.3. The fourth-order valence-corrected chi connectivity index (χ4v) is 2.78. The fourth-order valence-electron chi connectivity index (χ4n) is 2.78. The van der Waals surface area contributed by atoms with E-state index in [2.05, 4.69) is 5.10 Å². The Balaban J connectivity index is 1.55. The van der Waals surface area contributed by atoms with Crippen LogP contribution in [0.3, 0.4) is 0 Å². The monoisotopic (exact) mass is 335 g/mol. The van der Waals surface area contributed by atoms with Crippen molar-refractivity contribution in [3.8, 4) is 0 Å². The van der Waals surface area contributed by atoms with Gasteiger partial charge in [-0.2, -0.15) is 5.10 Å². The molecule has 2 aromatic rings. The third kappa shape index (κ3) is 4.12. The summed E-state index contributed by atoms with van der Waals surface area (Å²) in [6, 6.07) is 19.3. The van der Waals surface area contributed by atoms with Crippen molar-refractivity contribution in [3.63, 3.8) is 0 Å². The molecule has 3 rings (SSSR count). The maximum Gasteiger partial charge on any atom is 0.243 e. The number of hydrogen-bond donors (Lipinski definition) is 0. The number of hydrogen-bond acceptors (Lipinski definition) is 3. The summed E-state index contributed by atoms with van der Waals surface area (Å²) in [5.41, 5.74) is 2.78. The first kappa shape index (κ1) is 16.9. The molecule has 1 aliphatic rings. The Bertz CT molecular complexity index is 772. The van der Waals surface area contributed by atoms with Crippen molar-refractivity contribution >= 4 is 23.2 Å². The third-order valence-corrected chi connectivity index (χ3v) is 4.27. The van der Waals surface area contributed by atoms with E-state index in [0.717, 1.165) is 23.4 Å². The van der Waals surface area contributed by atoms with Crippen molar-refractivity contribution in [2.24, 2.45) is 5.10 Å². The van der Waals surface area contributed by atoms with Crippen LogP contribution in [-0.4, -0.2) is 36.1 Å². The summed E-state index contributed by atoms with van der Waals surface area (Å²) in [5.74, 6) is -0.188. The highest BCUT2D eigenvalue weighted by atomic mass is 16.2. The highest BCUT2D eigenvalue weighted by Crippen LogP contribution is 2.16. The van der Waals surface area contributed by atoms with Crippen LogP contribution in [0, 0.1) is 0 Å². The molecule has 2 amide bonds. The lowest BCUT2D eigenvalue weighted by Crippen LogP contribution is -2.29. The molecule has 0 spiro atoms. The van der Waals surface area contributed by atoms with Gasteiger partial charge in [-0.15, -0.1) is 0 Å². The van der Waals surface area contributed by atoms with Gasteiger partial charge in [0.1, 0.15) is 0 Å². The fraction of sp³-hybridized carbons (Fsp3) is 0.250. The molecule has 128 valence electrons. The van der Waals surface area contributed by atoms with Gasteiger partial charge in [0.05, 0.1) is 12.3 Å². The van der Waals surface area contributed by atoms with Crippen molar-refractivity contribution in [2.75, 3.05) is 18.5 Å². The van der Waals surface area contributed by atoms with E-state index in [-0.39, 0.29) is 24.7 Å². The van der Waals surface area contributed by atoms with Crippen LogP contribution >= 0.6 is 0 Å².